The van der Waals surface area contributed by atoms with E-state index < -0.39 is 12.7 Å². The van der Waals surface area contributed by atoms with Gasteiger partial charge in [0, 0.05) is 0 Å². The van der Waals surface area contributed by atoms with Crippen LogP contribution in [0.15, 0.2) is 16.8 Å². The fraction of sp³-hybridized carbons (Fsp3) is 0.333. The molecule has 0 unspecified atom stereocenters. The molecule has 1 nitrogen and oxygen atoms in total. The van der Waals surface area contributed by atoms with Gasteiger partial charge in [-0.3, -0.25) is 0 Å². The van der Waals surface area contributed by atoms with E-state index in [1.54, 1.807) is 0 Å². The smallest absolute Gasteiger partial charge is 0.109 e. The maximum absolute atomic E-state index is 11.8. The van der Waals surface area contributed by atoms with Crippen molar-refractivity contribution in [1.82, 2.24) is 0 Å². The van der Waals surface area contributed by atoms with E-state index in [4.69, 9.17) is 5.73 Å². The highest BCUT2D eigenvalue weighted by molar-refractivity contribution is 7.07. The molecule has 1 aromatic rings. The van der Waals surface area contributed by atoms with Gasteiger partial charge in [0.15, 0.2) is 0 Å². The Bertz CT molecular complexity index is 162. The third-order valence-electron chi connectivity index (χ3n) is 1.14. The molecule has 1 rings (SSSR count). The average Bonchev–Trinajstić information content (AvgIpc) is 2.37. The summed E-state index contributed by atoms with van der Waals surface area (Å²) in [6.45, 7) is -0.475. The van der Waals surface area contributed by atoms with Gasteiger partial charge in [-0.2, -0.15) is 11.3 Å². The van der Waals surface area contributed by atoms with Crippen LogP contribution in [0.2, 0.25) is 0 Å². The standard InChI is InChI=1S/C6H8FNS/c7-3-6(8)5-1-2-9-4-5/h1-2,4,6H,3,8H2/t6-/m0/s1. The number of halogens is 1. The SMILES string of the molecule is N[C@@H](CF)c1ccsc1. The van der Waals surface area contributed by atoms with Crippen LogP contribution >= 0.6 is 11.3 Å². The summed E-state index contributed by atoms with van der Waals surface area (Å²) in [5.41, 5.74) is 6.26. The quantitative estimate of drug-likeness (QED) is 0.673. The Kier molecular flexibility index (Phi) is 2.19. The van der Waals surface area contributed by atoms with Crippen LogP contribution in [0.25, 0.3) is 0 Å². The van der Waals surface area contributed by atoms with Crippen LogP contribution in [0.5, 0.6) is 0 Å². The molecule has 0 amide bonds. The Balaban J connectivity index is 2.65. The molecule has 50 valence electrons. The van der Waals surface area contributed by atoms with E-state index in [0.29, 0.717) is 0 Å². The monoisotopic (exact) mass is 145 g/mol. The van der Waals surface area contributed by atoms with Crippen molar-refractivity contribution in [3.05, 3.63) is 22.4 Å². The second-order valence-corrected chi connectivity index (χ2v) is 2.60. The van der Waals surface area contributed by atoms with Crippen LogP contribution in [0.3, 0.4) is 0 Å². The lowest BCUT2D eigenvalue weighted by Crippen LogP contribution is -2.10. The highest BCUT2D eigenvalue weighted by Gasteiger charge is 2.03. The zero-order valence-electron chi connectivity index (χ0n) is 4.88. The first kappa shape index (κ1) is 6.71. The summed E-state index contributed by atoms with van der Waals surface area (Å²) in [5.74, 6) is 0. The molecular weight excluding hydrogens is 137 g/mol. The number of hydrogen-bond acceptors (Lipinski definition) is 2. The molecule has 3 heteroatoms. The van der Waals surface area contributed by atoms with E-state index in [1.807, 2.05) is 16.8 Å². The molecule has 0 aliphatic carbocycles. The Labute approximate surface area is 57.3 Å². The summed E-state index contributed by atoms with van der Waals surface area (Å²) in [4.78, 5) is 0. The predicted octanol–water partition coefficient (Wildman–Crippen LogP) is 1.72. The zero-order chi connectivity index (χ0) is 6.69. The maximum Gasteiger partial charge on any atom is 0.109 e. The molecule has 0 aromatic carbocycles. The Hall–Kier alpha value is -0.410. The van der Waals surface area contributed by atoms with Gasteiger partial charge in [-0.25, -0.2) is 4.39 Å². The summed E-state index contributed by atoms with van der Waals surface area (Å²) >= 11 is 1.54. The summed E-state index contributed by atoms with van der Waals surface area (Å²) in [6.07, 6.45) is 0. The molecule has 0 spiro atoms. The number of rotatable bonds is 2. The Morgan fingerprint density at radius 3 is 3.00 bits per heavy atom. The van der Waals surface area contributed by atoms with E-state index in [0.717, 1.165) is 5.56 Å². The lowest BCUT2D eigenvalue weighted by molar-refractivity contribution is 0.438. The summed E-state index contributed by atoms with van der Waals surface area (Å²) < 4.78 is 11.8. The number of alkyl halides is 1. The van der Waals surface area contributed by atoms with Crippen molar-refractivity contribution in [3.8, 4) is 0 Å². The van der Waals surface area contributed by atoms with E-state index in [9.17, 15) is 4.39 Å². The molecule has 0 fully saturated rings. The number of hydrogen-bond donors (Lipinski definition) is 1. The Morgan fingerprint density at radius 1 is 1.78 bits per heavy atom. The molecule has 0 bridgehead atoms. The van der Waals surface area contributed by atoms with Crippen molar-refractivity contribution in [2.75, 3.05) is 6.67 Å². The van der Waals surface area contributed by atoms with Gasteiger partial charge in [0.1, 0.15) is 6.67 Å². The molecule has 0 saturated carbocycles. The van der Waals surface area contributed by atoms with E-state index in [-0.39, 0.29) is 0 Å². The van der Waals surface area contributed by atoms with Gasteiger partial charge < -0.3 is 5.73 Å². The first-order valence-electron chi connectivity index (χ1n) is 2.68. The third kappa shape index (κ3) is 1.50. The highest BCUT2D eigenvalue weighted by Crippen LogP contribution is 2.13. The summed E-state index contributed by atoms with van der Waals surface area (Å²) in [5, 5.41) is 3.76. The first-order valence-corrected chi connectivity index (χ1v) is 3.62. The second-order valence-electron chi connectivity index (χ2n) is 1.82. The molecule has 1 heterocycles. The van der Waals surface area contributed by atoms with Gasteiger partial charge in [-0.1, -0.05) is 0 Å². The highest BCUT2D eigenvalue weighted by atomic mass is 32.1. The molecule has 9 heavy (non-hydrogen) atoms. The van der Waals surface area contributed by atoms with Crippen molar-refractivity contribution < 1.29 is 4.39 Å². The fourth-order valence-corrected chi connectivity index (χ4v) is 1.30. The Morgan fingerprint density at radius 2 is 2.56 bits per heavy atom. The lowest BCUT2D eigenvalue weighted by Gasteiger charge is -2.00. The summed E-state index contributed by atoms with van der Waals surface area (Å²) in [6, 6.07) is 1.42. The minimum Gasteiger partial charge on any atom is -0.322 e. The van der Waals surface area contributed by atoms with Gasteiger partial charge in [-0.15, -0.1) is 0 Å². The first-order chi connectivity index (χ1) is 4.34. The molecule has 0 aliphatic rings. The molecule has 2 N–H and O–H groups in total. The van der Waals surface area contributed by atoms with Gasteiger partial charge in [0.2, 0.25) is 0 Å². The zero-order valence-corrected chi connectivity index (χ0v) is 5.70. The van der Waals surface area contributed by atoms with Crippen molar-refractivity contribution in [3.63, 3.8) is 0 Å². The minimum atomic E-state index is -0.475. The van der Waals surface area contributed by atoms with Gasteiger partial charge >= 0.3 is 0 Å². The van der Waals surface area contributed by atoms with Crippen molar-refractivity contribution in [1.29, 1.82) is 0 Å². The van der Waals surface area contributed by atoms with Crippen LogP contribution in [-0.4, -0.2) is 6.67 Å². The van der Waals surface area contributed by atoms with E-state index in [1.165, 1.54) is 11.3 Å². The number of nitrogens with two attached hydrogens (primary N) is 1. The molecule has 1 atom stereocenters. The van der Waals surface area contributed by atoms with Crippen LogP contribution in [0, 0.1) is 0 Å². The largest absolute Gasteiger partial charge is 0.322 e. The fourth-order valence-electron chi connectivity index (χ4n) is 0.575. The van der Waals surface area contributed by atoms with Gasteiger partial charge in [0.25, 0.3) is 0 Å². The van der Waals surface area contributed by atoms with Gasteiger partial charge in [-0.05, 0) is 22.4 Å². The summed E-state index contributed by atoms with van der Waals surface area (Å²) in [7, 11) is 0. The molecule has 0 aliphatic heterocycles. The van der Waals surface area contributed by atoms with Crippen LogP contribution < -0.4 is 5.73 Å². The lowest BCUT2D eigenvalue weighted by atomic mass is 10.2. The second kappa shape index (κ2) is 2.94. The van der Waals surface area contributed by atoms with Crippen molar-refractivity contribution in [2.24, 2.45) is 5.73 Å². The normalized spacial score (nSPS) is 13.6. The number of thiophene rings is 1. The maximum atomic E-state index is 11.8. The van der Waals surface area contributed by atoms with E-state index in [2.05, 4.69) is 0 Å². The van der Waals surface area contributed by atoms with Crippen LogP contribution in [0.4, 0.5) is 4.39 Å². The minimum absolute atomic E-state index is 0.420. The molecule has 0 radical (unpaired) electrons. The van der Waals surface area contributed by atoms with Crippen molar-refractivity contribution in [2.45, 2.75) is 6.04 Å². The molecule has 0 saturated heterocycles. The predicted molar refractivity (Wildman–Crippen MR) is 37.2 cm³/mol. The van der Waals surface area contributed by atoms with Crippen LogP contribution in [-0.2, 0) is 0 Å². The van der Waals surface area contributed by atoms with Crippen LogP contribution in [0.1, 0.15) is 11.6 Å². The topological polar surface area (TPSA) is 26.0 Å². The molecular formula is C6H8FNS. The van der Waals surface area contributed by atoms with Gasteiger partial charge in [0.05, 0.1) is 6.04 Å². The molecule has 1 aromatic heterocycles. The van der Waals surface area contributed by atoms with E-state index >= 15 is 0 Å². The third-order valence-corrected chi connectivity index (χ3v) is 1.84. The van der Waals surface area contributed by atoms with Crippen molar-refractivity contribution >= 4 is 11.3 Å². The average molecular weight is 145 g/mol.